The van der Waals surface area contributed by atoms with Crippen LogP contribution in [0.2, 0.25) is 0 Å². The summed E-state index contributed by atoms with van der Waals surface area (Å²) in [7, 11) is 0. The summed E-state index contributed by atoms with van der Waals surface area (Å²) >= 11 is 0. The normalized spacial score (nSPS) is 22.7. The molecule has 44 heavy (non-hydrogen) atoms. The molecule has 0 bridgehead atoms. The molecule has 1 rings (SSSR count). The van der Waals surface area contributed by atoms with Gasteiger partial charge in [0.05, 0.1) is 13.2 Å². The number of aliphatic hydroxyl groups is 4. The Morgan fingerprint density at radius 3 is 1.80 bits per heavy atom. The number of carbonyl (C=O) groups is 2. The summed E-state index contributed by atoms with van der Waals surface area (Å²) < 4.78 is 21.4. The number of aliphatic hydroxyl groups excluding tert-OH is 4. The third kappa shape index (κ3) is 19.1. The van der Waals surface area contributed by atoms with E-state index < -0.39 is 55.4 Å². The lowest BCUT2D eigenvalue weighted by Crippen LogP contribution is -2.59. The summed E-state index contributed by atoms with van der Waals surface area (Å²) in [5.41, 5.74) is 0. The molecule has 6 unspecified atom stereocenters. The van der Waals surface area contributed by atoms with Crippen molar-refractivity contribution in [3.63, 3.8) is 0 Å². The van der Waals surface area contributed by atoms with Crippen LogP contribution in [0.1, 0.15) is 136 Å². The summed E-state index contributed by atoms with van der Waals surface area (Å²) in [5, 5.41) is 39.4. The third-order valence-electron chi connectivity index (χ3n) is 7.95. The molecule has 0 amide bonds. The summed E-state index contributed by atoms with van der Waals surface area (Å²) in [6.45, 7) is 2.80. The standard InChI is InChI=1S/C34H62O10/c1-3-5-6-7-8-9-10-11-12-13-14-15-16-17-18-19-20-21-22-23-30(37)43-27(25-41-29(36)4-2)26-42-34-33(40)32(39)31(38)28(24-35)44-34/h11-12,27-28,31-35,38-40H,3-10,13-26H2,1-2H3/b12-11-. The van der Waals surface area contributed by atoms with Crippen molar-refractivity contribution in [3.05, 3.63) is 12.2 Å². The first kappa shape index (κ1) is 40.5. The number of rotatable bonds is 27. The summed E-state index contributed by atoms with van der Waals surface area (Å²) in [6.07, 6.45) is 17.6. The monoisotopic (exact) mass is 630 g/mol. The Morgan fingerprint density at radius 2 is 1.25 bits per heavy atom. The van der Waals surface area contributed by atoms with Crippen LogP contribution in [0.3, 0.4) is 0 Å². The highest BCUT2D eigenvalue weighted by molar-refractivity contribution is 5.70. The van der Waals surface area contributed by atoms with Gasteiger partial charge in [0.25, 0.3) is 0 Å². The first-order chi connectivity index (χ1) is 21.3. The molecule has 10 nitrogen and oxygen atoms in total. The van der Waals surface area contributed by atoms with E-state index in [1.54, 1.807) is 6.92 Å². The van der Waals surface area contributed by atoms with Crippen LogP contribution in [0, 0.1) is 0 Å². The molecule has 1 fully saturated rings. The Morgan fingerprint density at radius 1 is 0.705 bits per heavy atom. The van der Waals surface area contributed by atoms with E-state index >= 15 is 0 Å². The van der Waals surface area contributed by atoms with Crippen molar-refractivity contribution >= 4 is 11.9 Å². The van der Waals surface area contributed by atoms with Gasteiger partial charge in [-0.3, -0.25) is 9.59 Å². The van der Waals surface area contributed by atoms with Gasteiger partial charge in [0, 0.05) is 12.8 Å². The molecule has 0 spiro atoms. The van der Waals surface area contributed by atoms with E-state index in [4.69, 9.17) is 18.9 Å². The average Bonchev–Trinajstić information content (AvgIpc) is 3.02. The van der Waals surface area contributed by atoms with Crippen LogP contribution in [-0.4, -0.2) is 89.0 Å². The van der Waals surface area contributed by atoms with Crippen LogP contribution < -0.4 is 0 Å². The molecule has 0 aromatic heterocycles. The number of hydrogen-bond acceptors (Lipinski definition) is 10. The second kappa shape index (κ2) is 26.6. The van der Waals surface area contributed by atoms with Gasteiger partial charge in [-0.05, 0) is 32.1 Å². The molecule has 0 radical (unpaired) electrons. The van der Waals surface area contributed by atoms with Gasteiger partial charge in [-0.1, -0.05) is 103 Å². The van der Waals surface area contributed by atoms with Crippen molar-refractivity contribution in [1.82, 2.24) is 0 Å². The molecule has 1 aliphatic heterocycles. The van der Waals surface area contributed by atoms with E-state index in [1.165, 1.54) is 83.5 Å². The maximum Gasteiger partial charge on any atom is 0.306 e. The topological polar surface area (TPSA) is 152 Å². The number of hydrogen-bond donors (Lipinski definition) is 4. The third-order valence-corrected chi connectivity index (χ3v) is 7.95. The predicted molar refractivity (Wildman–Crippen MR) is 169 cm³/mol. The van der Waals surface area contributed by atoms with Crippen LogP contribution in [0.15, 0.2) is 12.2 Å². The maximum atomic E-state index is 12.4. The quantitative estimate of drug-likeness (QED) is 0.0537. The summed E-state index contributed by atoms with van der Waals surface area (Å²) in [5.74, 6) is -0.907. The highest BCUT2D eigenvalue weighted by atomic mass is 16.7. The second-order valence-corrected chi connectivity index (χ2v) is 11.9. The summed E-state index contributed by atoms with van der Waals surface area (Å²) in [4.78, 5) is 24.1. The SMILES string of the molecule is CCCCCCCC/C=C\CCCCCCCCCCCC(=O)OC(COC(=O)CC)COC1OC(CO)C(O)C(O)C1O. The Labute approximate surface area is 265 Å². The van der Waals surface area contributed by atoms with Crippen molar-refractivity contribution < 1.29 is 49.0 Å². The smallest absolute Gasteiger partial charge is 0.306 e. The van der Waals surface area contributed by atoms with E-state index in [9.17, 15) is 30.0 Å². The van der Waals surface area contributed by atoms with Crippen LogP contribution in [-0.2, 0) is 28.5 Å². The Kier molecular flexibility index (Phi) is 24.5. The van der Waals surface area contributed by atoms with Crippen molar-refractivity contribution in [2.45, 2.75) is 173 Å². The highest BCUT2D eigenvalue weighted by Crippen LogP contribution is 2.22. The van der Waals surface area contributed by atoms with Gasteiger partial charge in [-0.25, -0.2) is 0 Å². The molecular weight excluding hydrogens is 568 g/mol. The van der Waals surface area contributed by atoms with Gasteiger partial charge in [0.15, 0.2) is 12.4 Å². The fraction of sp³-hybridized carbons (Fsp3) is 0.882. The number of esters is 2. The molecular formula is C34H62O10. The molecule has 258 valence electrons. The van der Waals surface area contributed by atoms with Gasteiger partial charge < -0.3 is 39.4 Å². The van der Waals surface area contributed by atoms with E-state index in [-0.39, 0.29) is 26.1 Å². The van der Waals surface area contributed by atoms with Crippen molar-refractivity contribution in [2.75, 3.05) is 19.8 Å². The maximum absolute atomic E-state index is 12.4. The van der Waals surface area contributed by atoms with Gasteiger partial charge in [-0.2, -0.15) is 0 Å². The summed E-state index contributed by atoms with van der Waals surface area (Å²) in [6, 6.07) is 0. The van der Waals surface area contributed by atoms with E-state index in [0.717, 1.165) is 19.3 Å². The zero-order valence-corrected chi connectivity index (χ0v) is 27.4. The molecule has 4 N–H and O–H groups in total. The van der Waals surface area contributed by atoms with Crippen LogP contribution in [0.25, 0.3) is 0 Å². The predicted octanol–water partition coefficient (Wildman–Crippen LogP) is 5.27. The van der Waals surface area contributed by atoms with Crippen molar-refractivity contribution in [2.24, 2.45) is 0 Å². The number of allylic oxidation sites excluding steroid dienone is 2. The lowest BCUT2D eigenvalue weighted by molar-refractivity contribution is -0.305. The number of ether oxygens (including phenoxy) is 4. The molecule has 0 saturated carbocycles. The van der Waals surface area contributed by atoms with Gasteiger partial charge in [0.1, 0.15) is 31.0 Å². The fourth-order valence-corrected chi connectivity index (χ4v) is 5.10. The molecule has 0 aromatic rings. The number of unbranched alkanes of at least 4 members (excludes halogenated alkanes) is 15. The zero-order chi connectivity index (χ0) is 32.4. The largest absolute Gasteiger partial charge is 0.462 e. The Bertz CT molecular complexity index is 744. The van der Waals surface area contributed by atoms with Crippen LogP contribution in [0.5, 0.6) is 0 Å². The number of carbonyl (C=O) groups excluding carboxylic acids is 2. The Balaban J connectivity index is 2.15. The van der Waals surface area contributed by atoms with E-state index in [0.29, 0.717) is 6.42 Å². The van der Waals surface area contributed by atoms with Crippen LogP contribution >= 0.6 is 0 Å². The average molecular weight is 631 g/mol. The first-order valence-corrected chi connectivity index (χ1v) is 17.3. The van der Waals surface area contributed by atoms with Gasteiger partial charge in [-0.15, -0.1) is 0 Å². The molecule has 10 heteroatoms. The molecule has 1 heterocycles. The molecule has 0 aromatic carbocycles. The Hall–Kier alpha value is -1.56. The molecule has 0 aliphatic carbocycles. The molecule has 6 atom stereocenters. The first-order valence-electron chi connectivity index (χ1n) is 17.3. The fourth-order valence-electron chi connectivity index (χ4n) is 5.10. The van der Waals surface area contributed by atoms with Crippen molar-refractivity contribution in [1.29, 1.82) is 0 Å². The van der Waals surface area contributed by atoms with Gasteiger partial charge >= 0.3 is 11.9 Å². The molecule has 1 saturated heterocycles. The zero-order valence-electron chi connectivity index (χ0n) is 27.4. The van der Waals surface area contributed by atoms with Gasteiger partial charge in [0.2, 0.25) is 0 Å². The highest BCUT2D eigenvalue weighted by Gasteiger charge is 2.44. The minimum atomic E-state index is -1.59. The second-order valence-electron chi connectivity index (χ2n) is 11.9. The van der Waals surface area contributed by atoms with Crippen LogP contribution in [0.4, 0.5) is 0 Å². The molecule has 1 aliphatic rings. The van der Waals surface area contributed by atoms with E-state index in [2.05, 4.69) is 19.1 Å². The van der Waals surface area contributed by atoms with Crippen molar-refractivity contribution in [3.8, 4) is 0 Å². The minimum absolute atomic E-state index is 0.158. The minimum Gasteiger partial charge on any atom is -0.462 e. The lowest BCUT2D eigenvalue weighted by atomic mass is 9.99. The van der Waals surface area contributed by atoms with E-state index in [1.807, 2.05) is 0 Å². The lowest BCUT2D eigenvalue weighted by Gasteiger charge is -2.39.